The summed E-state index contributed by atoms with van der Waals surface area (Å²) in [6.07, 6.45) is 0. The lowest BCUT2D eigenvalue weighted by molar-refractivity contribution is 1.17. The normalized spacial score (nSPS) is 11.2. The maximum absolute atomic E-state index is 2.39. The molecule has 2 nitrogen and oxygen atoms in total. The van der Waals surface area contributed by atoms with Crippen LogP contribution in [0, 0.1) is 0 Å². The lowest BCUT2D eigenvalue weighted by atomic mass is 9.84. The highest BCUT2D eigenvalue weighted by Gasteiger charge is 2.20. The molecule has 264 valence electrons. The van der Waals surface area contributed by atoms with E-state index in [1.54, 1.807) is 0 Å². The Bertz CT molecular complexity index is 2910. The van der Waals surface area contributed by atoms with Gasteiger partial charge in [-0.25, -0.2) is 0 Å². The molecule has 0 bridgehead atoms. The largest absolute Gasteiger partial charge is 0.310 e. The molecule has 56 heavy (non-hydrogen) atoms. The van der Waals surface area contributed by atoms with Crippen LogP contribution in [-0.2, 0) is 0 Å². The summed E-state index contributed by atoms with van der Waals surface area (Å²) in [4.78, 5) is 2.37. The van der Waals surface area contributed by atoms with Crippen LogP contribution in [0.5, 0.6) is 0 Å². The van der Waals surface area contributed by atoms with Gasteiger partial charge in [-0.05, 0) is 99.1 Å². The standard InChI is InChI=1S/C54H38N2/c1-4-19-39(20-5-1)46-29-10-11-32-51(46)54-47(40-21-6-2-7-22-40)33-18-34-48(54)41-23-16-26-43(37-41)55(42-24-8-3-9-25-42)44-27-17-28-45(38-44)56-52-35-14-12-30-49(52)50-31-13-15-36-53(50)56/h1-38H. The summed E-state index contributed by atoms with van der Waals surface area (Å²) in [5.41, 5.74) is 16.3. The molecule has 9 aromatic carbocycles. The van der Waals surface area contributed by atoms with Gasteiger partial charge in [0.15, 0.2) is 0 Å². The van der Waals surface area contributed by atoms with Crippen molar-refractivity contribution in [1.82, 2.24) is 4.57 Å². The van der Waals surface area contributed by atoms with E-state index in [1.807, 2.05) is 0 Å². The van der Waals surface area contributed by atoms with Gasteiger partial charge in [-0.1, -0.05) is 176 Å². The molecule has 0 N–H and O–H groups in total. The van der Waals surface area contributed by atoms with E-state index in [9.17, 15) is 0 Å². The molecule has 0 aliphatic rings. The van der Waals surface area contributed by atoms with E-state index in [4.69, 9.17) is 0 Å². The van der Waals surface area contributed by atoms with Gasteiger partial charge in [0.25, 0.3) is 0 Å². The van der Waals surface area contributed by atoms with Crippen molar-refractivity contribution in [3.05, 3.63) is 231 Å². The number of benzene rings is 9. The minimum absolute atomic E-state index is 1.08. The van der Waals surface area contributed by atoms with E-state index in [-0.39, 0.29) is 0 Å². The van der Waals surface area contributed by atoms with Crippen LogP contribution in [-0.4, -0.2) is 4.57 Å². The summed E-state index contributed by atoms with van der Waals surface area (Å²) < 4.78 is 2.39. The fourth-order valence-electron chi connectivity index (χ4n) is 8.32. The van der Waals surface area contributed by atoms with Crippen LogP contribution in [0.2, 0.25) is 0 Å². The maximum Gasteiger partial charge on any atom is 0.0541 e. The number of para-hydroxylation sites is 3. The van der Waals surface area contributed by atoms with E-state index < -0.39 is 0 Å². The third-order valence-corrected chi connectivity index (χ3v) is 10.8. The zero-order chi connectivity index (χ0) is 37.3. The SMILES string of the molecule is c1ccc(-c2ccccc2-c2c(-c3ccccc3)cccc2-c2cccc(N(c3ccccc3)c3cccc(-n4c5ccccc5c5ccccc54)c3)c2)cc1. The van der Waals surface area contributed by atoms with Crippen molar-refractivity contribution >= 4 is 38.9 Å². The van der Waals surface area contributed by atoms with Gasteiger partial charge in [0.1, 0.15) is 0 Å². The average molecular weight is 715 g/mol. The number of aromatic nitrogens is 1. The third kappa shape index (κ3) is 5.95. The molecule has 0 aliphatic heterocycles. The maximum atomic E-state index is 2.39. The van der Waals surface area contributed by atoms with Crippen LogP contribution >= 0.6 is 0 Å². The fraction of sp³-hybridized carbons (Fsp3) is 0. The number of rotatable bonds is 8. The quantitative estimate of drug-likeness (QED) is 0.152. The number of fused-ring (bicyclic) bond motifs is 3. The molecule has 10 rings (SSSR count). The molecule has 0 atom stereocenters. The molecule has 0 aliphatic carbocycles. The first-order chi connectivity index (χ1) is 27.8. The summed E-state index contributed by atoms with van der Waals surface area (Å²) in [6.45, 7) is 0. The topological polar surface area (TPSA) is 8.17 Å². The highest BCUT2D eigenvalue weighted by molar-refractivity contribution is 6.09. The first-order valence-corrected chi connectivity index (χ1v) is 19.2. The predicted octanol–water partition coefficient (Wildman–Crippen LogP) is 14.9. The van der Waals surface area contributed by atoms with Gasteiger partial charge in [-0.15, -0.1) is 0 Å². The molecule has 0 radical (unpaired) electrons. The van der Waals surface area contributed by atoms with Crippen molar-refractivity contribution in [2.45, 2.75) is 0 Å². The number of hydrogen-bond acceptors (Lipinski definition) is 1. The lowest BCUT2D eigenvalue weighted by Gasteiger charge is -2.27. The first-order valence-electron chi connectivity index (χ1n) is 19.2. The van der Waals surface area contributed by atoms with Crippen LogP contribution in [0.4, 0.5) is 17.1 Å². The van der Waals surface area contributed by atoms with Crippen molar-refractivity contribution in [2.24, 2.45) is 0 Å². The van der Waals surface area contributed by atoms with Crippen LogP contribution in [0.1, 0.15) is 0 Å². The van der Waals surface area contributed by atoms with Gasteiger partial charge in [0, 0.05) is 33.5 Å². The highest BCUT2D eigenvalue weighted by atomic mass is 15.1. The predicted molar refractivity (Wildman–Crippen MR) is 237 cm³/mol. The Hall–Kier alpha value is -7.42. The van der Waals surface area contributed by atoms with E-state index in [2.05, 4.69) is 240 Å². The second-order valence-electron chi connectivity index (χ2n) is 14.1. The number of anilines is 3. The molecule has 0 fully saturated rings. The Balaban J connectivity index is 1.16. The van der Waals surface area contributed by atoms with E-state index in [1.165, 1.54) is 60.8 Å². The molecular formula is C54H38N2. The molecule has 2 heteroatoms. The number of nitrogens with zero attached hydrogens (tertiary/aromatic N) is 2. The third-order valence-electron chi connectivity index (χ3n) is 10.8. The van der Waals surface area contributed by atoms with Crippen molar-refractivity contribution in [2.75, 3.05) is 4.90 Å². The van der Waals surface area contributed by atoms with E-state index in [0.717, 1.165) is 28.3 Å². The second kappa shape index (κ2) is 14.4. The molecule has 1 aromatic heterocycles. The monoisotopic (exact) mass is 714 g/mol. The van der Waals surface area contributed by atoms with Gasteiger partial charge >= 0.3 is 0 Å². The summed E-state index contributed by atoms with van der Waals surface area (Å²) in [7, 11) is 0. The Morgan fingerprint density at radius 3 is 1.38 bits per heavy atom. The molecule has 0 saturated heterocycles. The average Bonchev–Trinajstić information content (AvgIpc) is 3.62. The molecular weight excluding hydrogens is 677 g/mol. The fourth-order valence-corrected chi connectivity index (χ4v) is 8.32. The summed E-state index contributed by atoms with van der Waals surface area (Å²) >= 11 is 0. The van der Waals surface area contributed by atoms with Gasteiger partial charge in [0.05, 0.1) is 11.0 Å². The zero-order valence-electron chi connectivity index (χ0n) is 30.8. The summed E-state index contributed by atoms with van der Waals surface area (Å²) in [5, 5.41) is 2.51. The van der Waals surface area contributed by atoms with Gasteiger partial charge in [-0.3, -0.25) is 0 Å². The number of hydrogen-bond donors (Lipinski definition) is 0. The smallest absolute Gasteiger partial charge is 0.0541 e. The van der Waals surface area contributed by atoms with E-state index in [0.29, 0.717) is 0 Å². The van der Waals surface area contributed by atoms with Crippen LogP contribution in [0.15, 0.2) is 231 Å². The van der Waals surface area contributed by atoms with Crippen molar-refractivity contribution < 1.29 is 0 Å². The minimum Gasteiger partial charge on any atom is -0.310 e. The Morgan fingerprint density at radius 1 is 0.286 bits per heavy atom. The van der Waals surface area contributed by atoms with E-state index >= 15 is 0 Å². The summed E-state index contributed by atoms with van der Waals surface area (Å²) in [5.74, 6) is 0. The van der Waals surface area contributed by atoms with Gasteiger partial charge in [0.2, 0.25) is 0 Å². The molecule has 10 aromatic rings. The van der Waals surface area contributed by atoms with Crippen LogP contribution in [0.3, 0.4) is 0 Å². The lowest BCUT2D eigenvalue weighted by Crippen LogP contribution is -2.10. The van der Waals surface area contributed by atoms with Gasteiger partial charge < -0.3 is 9.47 Å². The Labute approximate surface area is 327 Å². The van der Waals surface area contributed by atoms with Crippen molar-refractivity contribution in [3.63, 3.8) is 0 Å². The molecule has 0 spiro atoms. The first kappa shape index (κ1) is 33.2. The van der Waals surface area contributed by atoms with Crippen molar-refractivity contribution in [3.8, 4) is 50.2 Å². The highest BCUT2D eigenvalue weighted by Crippen LogP contribution is 2.45. The molecule has 0 saturated carbocycles. The minimum atomic E-state index is 1.08. The van der Waals surface area contributed by atoms with Gasteiger partial charge in [-0.2, -0.15) is 0 Å². The summed E-state index contributed by atoms with van der Waals surface area (Å²) in [6, 6.07) is 83.1. The Morgan fingerprint density at radius 2 is 0.714 bits per heavy atom. The second-order valence-corrected chi connectivity index (χ2v) is 14.1. The van der Waals surface area contributed by atoms with Crippen molar-refractivity contribution in [1.29, 1.82) is 0 Å². The Kier molecular flexibility index (Phi) is 8.55. The molecule has 0 unspecified atom stereocenters. The zero-order valence-corrected chi connectivity index (χ0v) is 30.8. The molecule has 0 amide bonds. The van der Waals surface area contributed by atoms with Crippen LogP contribution in [0.25, 0.3) is 72.0 Å². The van der Waals surface area contributed by atoms with Crippen LogP contribution < -0.4 is 4.90 Å². The molecule has 1 heterocycles.